The summed E-state index contributed by atoms with van der Waals surface area (Å²) in [5.41, 5.74) is 0. The van der Waals surface area contributed by atoms with Crippen LogP contribution in [0.4, 0.5) is 0 Å². The maximum absolute atomic E-state index is 12.2. The molecule has 0 aliphatic carbocycles. The van der Waals surface area contributed by atoms with Gasteiger partial charge < -0.3 is 10.2 Å². The molecule has 104 valence electrons. The second-order valence-electron chi connectivity index (χ2n) is 4.99. The fraction of sp³-hybridized carbons (Fsp3) is 0.571. The number of carbonyl (C=O) groups excluding carboxylic acids is 2. The van der Waals surface area contributed by atoms with Gasteiger partial charge in [-0.15, -0.1) is 11.3 Å². The van der Waals surface area contributed by atoms with E-state index in [0.29, 0.717) is 4.88 Å². The Hall–Kier alpha value is -1.36. The second kappa shape index (κ2) is 6.19. The molecular weight excluding hydrogens is 260 g/mol. The van der Waals surface area contributed by atoms with Crippen LogP contribution in [0.1, 0.15) is 40.7 Å². The first kappa shape index (κ1) is 14.1. The molecular formula is C14H20N2O2S. The summed E-state index contributed by atoms with van der Waals surface area (Å²) >= 11 is 1.45. The third-order valence-corrected chi connectivity index (χ3v) is 4.35. The van der Waals surface area contributed by atoms with E-state index < -0.39 is 6.04 Å². The van der Waals surface area contributed by atoms with Gasteiger partial charge in [-0.05, 0) is 45.2 Å². The molecule has 1 saturated heterocycles. The average molecular weight is 280 g/mol. The zero-order valence-electron chi connectivity index (χ0n) is 11.4. The van der Waals surface area contributed by atoms with Crippen molar-refractivity contribution in [1.82, 2.24) is 10.2 Å². The molecule has 1 atom stereocenters. The van der Waals surface area contributed by atoms with Crippen LogP contribution in [0.25, 0.3) is 0 Å². The molecule has 1 aromatic rings. The summed E-state index contributed by atoms with van der Waals surface area (Å²) in [5, 5.41) is 2.79. The summed E-state index contributed by atoms with van der Waals surface area (Å²) in [7, 11) is 0. The summed E-state index contributed by atoms with van der Waals surface area (Å²) in [6, 6.07) is 3.26. The fourth-order valence-electron chi connectivity index (χ4n) is 2.27. The highest BCUT2D eigenvalue weighted by atomic mass is 32.1. The predicted octanol–water partition coefficient (Wildman–Crippen LogP) is 2.19. The molecule has 5 heteroatoms. The normalized spacial score (nSPS) is 17.1. The van der Waals surface area contributed by atoms with Gasteiger partial charge in [0, 0.05) is 18.0 Å². The van der Waals surface area contributed by atoms with E-state index in [1.165, 1.54) is 17.8 Å². The van der Waals surface area contributed by atoms with E-state index >= 15 is 0 Å². The van der Waals surface area contributed by atoms with Gasteiger partial charge in [0.15, 0.2) is 0 Å². The standard InChI is InChI=1S/C14H20N2O2S/c1-10-6-7-12(19-10)13(17)15-11(2)14(18)16-8-4-3-5-9-16/h6-7,11H,3-5,8-9H2,1-2H3,(H,15,17). The van der Waals surface area contributed by atoms with Crippen LogP contribution in [0.2, 0.25) is 0 Å². The van der Waals surface area contributed by atoms with Gasteiger partial charge in [-0.1, -0.05) is 0 Å². The molecule has 1 aromatic heterocycles. The lowest BCUT2D eigenvalue weighted by molar-refractivity contribution is -0.133. The average Bonchev–Trinajstić information content (AvgIpc) is 2.85. The number of thiophene rings is 1. The molecule has 1 N–H and O–H groups in total. The molecule has 0 bridgehead atoms. The van der Waals surface area contributed by atoms with Crippen molar-refractivity contribution in [3.05, 3.63) is 21.9 Å². The Labute approximate surface area is 117 Å². The molecule has 4 nitrogen and oxygen atoms in total. The molecule has 2 amide bonds. The van der Waals surface area contributed by atoms with Crippen molar-refractivity contribution in [3.8, 4) is 0 Å². The van der Waals surface area contributed by atoms with Crippen LogP contribution in [0, 0.1) is 6.92 Å². The molecule has 1 aliphatic heterocycles. The Morgan fingerprint density at radius 2 is 1.95 bits per heavy atom. The lowest BCUT2D eigenvalue weighted by atomic mass is 10.1. The van der Waals surface area contributed by atoms with Gasteiger partial charge in [-0.2, -0.15) is 0 Å². The number of aryl methyl sites for hydroxylation is 1. The Morgan fingerprint density at radius 3 is 2.53 bits per heavy atom. The van der Waals surface area contributed by atoms with Crippen LogP contribution in [0.5, 0.6) is 0 Å². The molecule has 0 aromatic carbocycles. The van der Waals surface area contributed by atoms with Crippen molar-refractivity contribution in [2.45, 2.75) is 39.2 Å². The Bertz CT molecular complexity index is 464. The fourth-order valence-corrected chi connectivity index (χ4v) is 3.04. The zero-order chi connectivity index (χ0) is 13.8. The summed E-state index contributed by atoms with van der Waals surface area (Å²) in [5.74, 6) is -0.128. The van der Waals surface area contributed by atoms with Crippen molar-refractivity contribution in [3.63, 3.8) is 0 Å². The molecule has 0 radical (unpaired) electrons. The first-order valence-corrected chi connectivity index (χ1v) is 7.55. The van der Waals surface area contributed by atoms with E-state index in [2.05, 4.69) is 5.32 Å². The number of hydrogen-bond acceptors (Lipinski definition) is 3. The van der Waals surface area contributed by atoms with Gasteiger partial charge in [0.1, 0.15) is 6.04 Å². The predicted molar refractivity (Wildman–Crippen MR) is 76.4 cm³/mol. The number of hydrogen-bond donors (Lipinski definition) is 1. The molecule has 1 aliphatic rings. The summed E-state index contributed by atoms with van der Waals surface area (Å²) in [6.45, 7) is 5.35. The summed E-state index contributed by atoms with van der Waals surface area (Å²) in [4.78, 5) is 27.8. The lowest BCUT2D eigenvalue weighted by Crippen LogP contribution is -2.48. The smallest absolute Gasteiger partial charge is 0.261 e. The molecule has 1 fully saturated rings. The number of amides is 2. The molecule has 0 saturated carbocycles. The van der Waals surface area contributed by atoms with Crippen molar-refractivity contribution >= 4 is 23.2 Å². The Balaban J connectivity index is 1.91. The minimum absolute atomic E-state index is 0.0290. The van der Waals surface area contributed by atoms with Crippen molar-refractivity contribution in [2.24, 2.45) is 0 Å². The van der Waals surface area contributed by atoms with E-state index in [1.807, 2.05) is 17.9 Å². The molecule has 0 spiro atoms. The minimum Gasteiger partial charge on any atom is -0.341 e. The third kappa shape index (κ3) is 3.56. The van der Waals surface area contributed by atoms with Crippen LogP contribution in [-0.2, 0) is 4.79 Å². The number of nitrogens with one attached hydrogen (secondary N) is 1. The van der Waals surface area contributed by atoms with Gasteiger partial charge in [-0.3, -0.25) is 9.59 Å². The monoisotopic (exact) mass is 280 g/mol. The Morgan fingerprint density at radius 1 is 1.26 bits per heavy atom. The van der Waals surface area contributed by atoms with Gasteiger partial charge in [0.05, 0.1) is 4.88 Å². The van der Waals surface area contributed by atoms with Crippen LogP contribution >= 0.6 is 11.3 Å². The van der Waals surface area contributed by atoms with Crippen LogP contribution in [0.15, 0.2) is 12.1 Å². The summed E-state index contributed by atoms with van der Waals surface area (Å²) < 4.78 is 0. The summed E-state index contributed by atoms with van der Waals surface area (Å²) in [6.07, 6.45) is 3.33. The highest BCUT2D eigenvalue weighted by Crippen LogP contribution is 2.15. The van der Waals surface area contributed by atoms with Gasteiger partial charge in [0.25, 0.3) is 5.91 Å². The highest BCUT2D eigenvalue weighted by molar-refractivity contribution is 7.13. The number of carbonyl (C=O) groups is 2. The van der Waals surface area contributed by atoms with E-state index in [4.69, 9.17) is 0 Å². The number of likely N-dealkylation sites (tertiary alicyclic amines) is 1. The van der Waals surface area contributed by atoms with E-state index in [9.17, 15) is 9.59 Å². The van der Waals surface area contributed by atoms with Crippen LogP contribution in [0.3, 0.4) is 0 Å². The van der Waals surface area contributed by atoms with Gasteiger partial charge >= 0.3 is 0 Å². The molecule has 19 heavy (non-hydrogen) atoms. The van der Waals surface area contributed by atoms with Crippen molar-refractivity contribution in [2.75, 3.05) is 13.1 Å². The lowest BCUT2D eigenvalue weighted by Gasteiger charge is -2.29. The highest BCUT2D eigenvalue weighted by Gasteiger charge is 2.23. The second-order valence-corrected chi connectivity index (χ2v) is 6.28. The minimum atomic E-state index is -0.451. The van der Waals surface area contributed by atoms with Gasteiger partial charge in [0.2, 0.25) is 5.91 Å². The number of nitrogens with zero attached hydrogens (tertiary/aromatic N) is 1. The van der Waals surface area contributed by atoms with Crippen molar-refractivity contribution < 1.29 is 9.59 Å². The molecule has 1 unspecified atom stereocenters. The topological polar surface area (TPSA) is 49.4 Å². The van der Waals surface area contributed by atoms with E-state index in [-0.39, 0.29) is 11.8 Å². The van der Waals surface area contributed by atoms with E-state index in [0.717, 1.165) is 30.8 Å². The van der Waals surface area contributed by atoms with Crippen LogP contribution < -0.4 is 5.32 Å². The molecule has 2 heterocycles. The van der Waals surface area contributed by atoms with Crippen LogP contribution in [-0.4, -0.2) is 35.8 Å². The maximum Gasteiger partial charge on any atom is 0.261 e. The Kier molecular flexibility index (Phi) is 4.58. The largest absolute Gasteiger partial charge is 0.341 e. The van der Waals surface area contributed by atoms with Crippen molar-refractivity contribution in [1.29, 1.82) is 0 Å². The maximum atomic E-state index is 12.2. The third-order valence-electron chi connectivity index (χ3n) is 3.35. The van der Waals surface area contributed by atoms with E-state index in [1.54, 1.807) is 13.0 Å². The quantitative estimate of drug-likeness (QED) is 0.922. The first-order valence-electron chi connectivity index (χ1n) is 6.74. The first-order chi connectivity index (χ1) is 9.08. The molecule has 2 rings (SSSR count). The number of rotatable bonds is 3. The van der Waals surface area contributed by atoms with Gasteiger partial charge in [-0.25, -0.2) is 0 Å². The zero-order valence-corrected chi connectivity index (χ0v) is 12.3. The SMILES string of the molecule is Cc1ccc(C(=O)NC(C)C(=O)N2CCCCC2)s1. The number of piperidine rings is 1.